The molecule has 1 heterocycles. The normalized spacial score (nSPS) is 20.7. The standard InChI is InChI=1S/C17H25BrO2/c1-12-10-14(11-13(2)17(12)19-3)16(18)8-7-15-6-4-5-9-20-15/h10-11,15-16H,4-9H2,1-3H3. The Morgan fingerprint density at radius 1 is 1.30 bits per heavy atom. The molecule has 112 valence electrons. The molecule has 0 N–H and O–H groups in total. The average molecular weight is 341 g/mol. The molecule has 3 heteroatoms. The first kappa shape index (κ1) is 15.8. The van der Waals surface area contributed by atoms with Crippen molar-refractivity contribution in [3.8, 4) is 5.75 Å². The maximum atomic E-state index is 5.81. The topological polar surface area (TPSA) is 18.5 Å². The first-order valence-corrected chi connectivity index (χ1v) is 8.44. The lowest BCUT2D eigenvalue weighted by Crippen LogP contribution is -2.19. The second-order valence-electron chi connectivity index (χ2n) is 5.72. The Morgan fingerprint density at radius 3 is 2.55 bits per heavy atom. The maximum absolute atomic E-state index is 5.81. The number of ether oxygens (including phenoxy) is 2. The van der Waals surface area contributed by atoms with Gasteiger partial charge in [-0.05, 0) is 62.6 Å². The van der Waals surface area contributed by atoms with Crippen LogP contribution in [0.4, 0.5) is 0 Å². The van der Waals surface area contributed by atoms with Gasteiger partial charge < -0.3 is 9.47 Å². The van der Waals surface area contributed by atoms with E-state index in [-0.39, 0.29) is 0 Å². The number of alkyl halides is 1. The highest BCUT2D eigenvalue weighted by atomic mass is 79.9. The van der Waals surface area contributed by atoms with Crippen LogP contribution in [0.5, 0.6) is 5.75 Å². The molecule has 2 rings (SSSR count). The summed E-state index contributed by atoms with van der Waals surface area (Å²) in [4.78, 5) is 0.399. The number of aryl methyl sites for hydroxylation is 2. The summed E-state index contributed by atoms with van der Waals surface area (Å²) in [6.07, 6.45) is 6.49. The average Bonchev–Trinajstić information content (AvgIpc) is 2.45. The van der Waals surface area contributed by atoms with E-state index in [0.717, 1.165) is 25.2 Å². The largest absolute Gasteiger partial charge is 0.496 e. The number of hydrogen-bond acceptors (Lipinski definition) is 2. The highest BCUT2D eigenvalue weighted by molar-refractivity contribution is 9.09. The summed E-state index contributed by atoms with van der Waals surface area (Å²) in [5, 5.41) is 0. The van der Waals surface area contributed by atoms with E-state index >= 15 is 0 Å². The van der Waals surface area contributed by atoms with Crippen molar-refractivity contribution < 1.29 is 9.47 Å². The molecule has 2 nitrogen and oxygen atoms in total. The second-order valence-corrected chi connectivity index (χ2v) is 6.83. The van der Waals surface area contributed by atoms with Crippen LogP contribution in [-0.4, -0.2) is 19.8 Å². The van der Waals surface area contributed by atoms with Gasteiger partial charge in [-0.3, -0.25) is 0 Å². The number of rotatable bonds is 5. The maximum Gasteiger partial charge on any atom is 0.124 e. The highest BCUT2D eigenvalue weighted by Gasteiger charge is 2.17. The molecule has 0 amide bonds. The summed E-state index contributed by atoms with van der Waals surface area (Å²) in [5.41, 5.74) is 3.76. The monoisotopic (exact) mass is 340 g/mol. The van der Waals surface area contributed by atoms with Crippen molar-refractivity contribution in [1.29, 1.82) is 0 Å². The summed E-state index contributed by atoms with van der Waals surface area (Å²) in [7, 11) is 1.74. The van der Waals surface area contributed by atoms with Crippen LogP contribution >= 0.6 is 15.9 Å². The van der Waals surface area contributed by atoms with Crippen molar-refractivity contribution in [2.24, 2.45) is 0 Å². The minimum Gasteiger partial charge on any atom is -0.496 e. The van der Waals surface area contributed by atoms with E-state index < -0.39 is 0 Å². The molecule has 0 radical (unpaired) electrons. The number of halogens is 1. The van der Waals surface area contributed by atoms with Crippen LogP contribution in [0.15, 0.2) is 12.1 Å². The van der Waals surface area contributed by atoms with E-state index in [1.807, 2.05) is 0 Å². The summed E-state index contributed by atoms with van der Waals surface area (Å²) in [6.45, 7) is 5.16. The predicted molar refractivity (Wildman–Crippen MR) is 87.0 cm³/mol. The third-order valence-electron chi connectivity index (χ3n) is 4.06. The molecule has 1 fully saturated rings. The van der Waals surface area contributed by atoms with Gasteiger partial charge in [0, 0.05) is 11.4 Å². The minimum absolute atomic E-state index is 0.399. The molecular formula is C17H25BrO2. The minimum atomic E-state index is 0.399. The Hall–Kier alpha value is -0.540. The lowest BCUT2D eigenvalue weighted by molar-refractivity contribution is 0.0102. The van der Waals surface area contributed by atoms with Gasteiger partial charge in [0.05, 0.1) is 13.2 Å². The first-order valence-electron chi connectivity index (χ1n) is 7.52. The van der Waals surface area contributed by atoms with E-state index in [4.69, 9.17) is 9.47 Å². The summed E-state index contributed by atoms with van der Waals surface area (Å²) >= 11 is 3.83. The van der Waals surface area contributed by atoms with Crippen molar-refractivity contribution in [2.75, 3.05) is 13.7 Å². The van der Waals surface area contributed by atoms with Gasteiger partial charge in [0.25, 0.3) is 0 Å². The fourth-order valence-corrected chi connectivity index (χ4v) is 3.55. The van der Waals surface area contributed by atoms with E-state index in [1.54, 1.807) is 7.11 Å². The molecule has 1 saturated heterocycles. The zero-order chi connectivity index (χ0) is 14.5. The molecule has 1 aromatic carbocycles. The van der Waals surface area contributed by atoms with E-state index in [0.29, 0.717) is 10.9 Å². The molecule has 0 saturated carbocycles. The second kappa shape index (κ2) is 7.46. The van der Waals surface area contributed by atoms with Crippen LogP contribution in [0.25, 0.3) is 0 Å². The third-order valence-corrected chi connectivity index (χ3v) is 5.05. The van der Waals surface area contributed by atoms with E-state index in [9.17, 15) is 0 Å². The molecule has 20 heavy (non-hydrogen) atoms. The molecule has 0 aliphatic carbocycles. The molecule has 0 bridgehead atoms. The fourth-order valence-electron chi connectivity index (χ4n) is 3.02. The van der Waals surface area contributed by atoms with Crippen LogP contribution in [0, 0.1) is 13.8 Å². The Bertz CT molecular complexity index is 416. The molecule has 0 aromatic heterocycles. The van der Waals surface area contributed by atoms with Crippen molar-refractivity contribution >= 4 is 15.9 Å². The SMILES string of the molecule is COc1c(C)cc(C(Br)CCC2CCCCO2)cc1C. The van der Waals surface area contributed by atoms with Crippen molar-refractivity contribution in [3.63, 3.8) is 0 Å². The third kappa shape index (κ3) is 3.98. The van der Waals surface area contributed by atoms with Crippen LogP contribution < -0.4 is 4.74 Å². The molecule has 1 aliphatic rings. The Morgan fingerprint density at radius 2 is 2.00 bits per heavy atom. The zero-order valence-corrected chi connectivity index (χ0v) is 14.3. The molecule has 1 aliphatic heterocycles. The molecule has 2 unspecified atom stereocenters. The first-order chi connectivity index (χ1) is 9.61. The van der Waals surface area contributed by atoms with Crippen molar-refractivity contribution in [1.82, 2.24) is 0 Å². The Kier molecular flexibility index (Phi) is 5.91. The Balaban J connectivity index is 1.96. The van der Waals surface area contributed by atoms with Crippen molar-refractivity contribution in [2.45, 2.75) is 56.9 Å². The summed E-state index contributed by atoms with van der Waals surface area (Å²) < 4.78 is 11.2. The lowest BCUT2D eigenvalue weighted by Gasteiger charge is -2.23. The highest BCUT2D eigenvalue weighted by Crippen LogP contribution is 2.34. The van der Waals surface area contributed by atoms with Crippen LogP contribution in [0.1, 0.15) is 53.6 Å². The van der Waals surface area contributed by atoms with Gasteiger partial charge in [-0.25, -0.2) is 0 Å². The predicted octanol–water partition coefficient (Wildman–Crippen LogP) is 5.10. The number of benzene rings is 1. The summed E-state index contributed by atoms with van der Waals surface area (Å²) in [5.74, 6) is 1.00. The number of hydrogen-bond donors (Lipinski definition) is 0. The van der Waals surface area contributed by atoms with Crippen LogP contribution in [0.2, 0.25) is 0 Å². The molecule has 2 atom stereocenters. The molecule has 1 aromatic rings. The van der Waals surface area contributed by atoms with Gasteiger partial charge in [-0.2, -0.15) is 0 Å². The number of methoxy groups -OCH3 is 1. The Labute approximate surface area is 131 Å². The molecule has 0 spiro atoms. The molecular weight excluding hydrogens is 316 g/mol. The van der Waals surface area contributed by atoms with Crippen LogP contribution in [0.3, 0.4) is 0 Å². The van der Waals surface area contributed by atoms with Gasteiger partial charge >= 0.3 is 0 Å². The van der Waals surface area contributed by atoms with Crippen molar-refractivity contribution in [3.05, 3.63) is 28.8 Å². The van der Waals surface area contributed by atoms with E-state index in [1.165, 1.54) is 36.0 Å². The van der Waals surface area contributed by atoms with Crippen LogP contribution in [-0.2, 0) is 4.74 Å². The zero-order valence-electron chi connectivity index (χ0n) is 12.7. The van der Waals surface area contributed by atoms with Gasteiger partial charge in [-0.1, -0.05) is 28.1 Å². The smallest absolute Gasteiger partial charge is 0.124 e. The van der Waals surface area contributed by atoms with Gasteiger partial charge in [0.1, 0.15) is 5.75 Å². The van der Waals surface area contributed by atoms with Gasteiger partial charge in [0.15, 0.2) is 0 Å². The quantitative estimate of drug-likeness (QED) is 0.694. The van der Waals surface area contributed by atoms with Gasteiger partial charge in [-0.15, -0.1) is 0 Å². The summed E-state index contributed by atoms with van der Waals surface area (Å²) in [6, 6.07) is 4.46. The lowest BCUT2D eigenvalue weighted by atomic mass is 9.98. The van der Waals surface area contributed by atoms with E-state index in [2.05, 4.69) is 41.9 Å². The van der Waals surface area contributed by atoms with Gasteiger partial charge in [0.2, 0.25) is 0 Å². The fraction of sp³-hybridized carbons (Fsp3) is 0.647.